The number of nitrogens with one attached hydrogen (secondary N) is 2. The van der Waals surface area contributed by atoms with Gasteiger partial charge in [0.1, 0.15) is 12.4 Å². The molecule has 0 aromatic heterocycles. The van der Waals surface area contributed by atoms with E-state index in [0.29, 0.717) is 37.4 Å². The Balaban J connectivity index is 1.72. The summed E-state index contributed by atoms with van der Waals surface area (Å²) in [6.07, 6.45) is 0.967. The highest BCUT2D eigenvalue weighted by Gasteiger charge is 2.39. The molecule has 1 aliphatic rings. The van der Waals surface area contributed by atoms with Gasteiger partial charge in [0.2, 0.25) is 6.41 Å². The van der Waals surface area contributed by atoms with Gasteiger partial charge in [0.15, 0.2) is 0 Å². The van der Waals surface area contributed by atoms with Crippen molar-refractivity contribution >= 4 is 24.3 Å². The average Bonchev–Trinajstić information content (AvgIpc) is 2.83. The van der Waals surface area contributed by atoms with E-state index in [-0.39, 0.29) is 13.2 Å². The van der Waals surface area contributed by atoms with Crippen LogP contribution in [0.4, 0.5) is 15.3 Å². The van der Waals surface area contributed by atoms with Crippen molar-refractivity contribution in [2.75, 3.05) is 38.6 Å². The maximum Gasteiger partial charge on any atom is 0.414 e. The summed E-state index contributed by atoms with van der Waals surface area (Å²) in [6, 6.07) is 16.2. The molecule has 3 amide bonds. The molecule has 0 aliphatic carbocycles. The molecule has 1 fully saturated rings. The average molecular weight is 455 g/mol. The van der Waals surface area contributed by atoms with Gasteiger partial charge in [0.25, 0.3) is 0 Å². The molecule has 9 heteroatoms. The van der Waals surface area contributed by atoms with Crippen LogP contribution in [0.5, 0.6) is 5.75 Å². The van der Waals surface area contributed by atoms with Gasteiger partial charge in [0, 0.05) is 32.4 Å². The van der Waals surface area contributed by atoms with E-state index in [9.17, 15) is 14.4 Å². The SMILES string of the molecule is CN(C)C(=O)Oc1cccc(N(C=O)C2(CNC(=O)OCc3ccccc3)CCNCC2)c1. The highest BCUT2D eigenvalue weighted by atomic mass is 16.6. The van der Waals surface area contributed by atoms with Crippen LogP contribution in [-0.2, 0) is 16.1 Å². The van der Waals surface area contributed by atoms with Gasteiger partial charge in [-0.15, -0.1) is 0 Å². The Kier molecular flexibility index (Phi) is 8.26. The lowest BCUT2D eigenvalue weighted by Crippen LogP contribution is -2.60. The van der Waals surface area contributed by atoms with E-state index in [1.54, 1.807) is 43.3 Å². The molecule has 0 atom stereocenters. The molecule has 176 valence electrons. The van der Waals surface area contributed by atoms with E-state index in [1.807, 2.05) is 30.3 Å². The van der Waals surface area contributed by atoms with Crippen molar-refractivity contribution in [2.24, 2.45) is 0 Å². The molecule has 0 unspecified atom stereocenters. The summed E-state index contributed by atoms with van der Waals surface area (Å²) >= 11 is 0. The number of benzene rings is 2. The lowest BCUT2D eigenvalue weighted by Gasteiger charge is -2.44. The molecule has 1 saturated heterocycles. The Morgan fingerprint density at radius 3 is 2.48 bits per heavy atom. The largest absolute Gasteiger partial charge is 0.445 e. The van der Waals surface area contributed by atoms with Crippen LogP contribution in [0.25, 0.3) is 0 Å². The Morgan fingerprint density at radius 2 is 1.82 bits per heavy atom. The Bertz CT molecular complexity index is 945. The van der Waals surface area contributed by atoms with Crippen LogP contribution in [0.3, 0.4) is 0 Å². The van der Waals surface area contributed by atoms with Crippen LogP contribution in [0.15, 0.2) is 54.6 Å². The Hall–Kier alpha value is -3.59. The fourth-order valence-electron chi connectivity index (χ4n) is 3.74. The molecular weight excluding hydrogens is 424 g/mol. The lowest BCUT2D eigenvalue weighted by atomic mass is 9.86. The molecule has 0 saturated carbocycles. The van der Waals surface area contributed by atoms with Crippen molar-refractivity contribution in [1.82, 2.24) is 15.5 Å². The monoisotopic (exact) mass is 454 g/mol. The number of amides is 3. The van der Waals surface area contributed by atoms with Gasteiger partial charge in [-0.25, -0.2) is 9.59 Å². The fourth-order valence-corrected chi connectivity index (χ4v) is 3.74. The van der Waals surface area contributed by atoms with Crippen LogP contribution in [0.2, 0.25) is 0 Å². The maximum atomic E-state index is 12.4. The number of carbonyl (C=O) groups excluding carboxylic acids is 3. The summed E-state index contributed by atoms with van der Waals surface area (Å²) in [5.41, 5.74) is 0.821. The molecule has 33 heavy (non-hydrogen) atoms. The van der Waals surface area contributed by atoms with Gasteiger partial charge in [-0.1, -0.05) is 36.4 Å². The van der Waals surface area contributed by atoms with Gasteiger partial charge in [0.05, 0.1) is 5.54 Å². The molecule has 3 rings (SSSR count). The van der Waals surface area contributed by atoms with Crippen molar-refractivity contribution < 1.29 is 23.9 Å². The smallest absolute Gasteiger partial charge is 0.414 e. The number of ether oxygens (including phenoxy) is 2. The third-order valence-corrected chi connectivity index (χ3v) is 5.59. The summed E-state index contributed by atoms with van der Waals surface area (Å²) in [5.74, 6) is 0.331. The quantitative estimate of drug-likeness (QED) is 0.595. The Morgan fingerprint density at radius 1 is 1.09 bits per heavy atom. The summed E-state index contributed by atoms with van der Waals surface area (Å²) in [5, 5.41) is 6.12. The highest BCUT2D eigenvalue weighted by Crippen LogP contribution is 2.32. The first-order valence-electron chi connectivity index (χ1n) is 10.8. The first kappa shape index (κ1) is 24.1. The molecule has 2 aromatic rings. The van der Waals surface area contributed by atoms with E-state index in [0.717, 1.165) is 12.0 Å². The van der Waals surface area contributed by atoms with Crippen molar-refractivity contribution in [3.8, 4) is 5.75 Å². The van der Waals surface area contributed by atoms with Gasteiger partial charge >= 0.3 is 12.2 Å². The number of nitrogens with zero attached hydrogens (tertiary/aromatic N) is 2. The van der Waals surface area contributed by atoms with E-state index >= 15 is 0 Å². The first-order chi connectivity index (χ1) is 15.9. The molecule has 9 nitrogen and oxygen atoms in total. The maximum absolute atomic E-state index is 12.4. The van der Waals surface area contributed by atoms with Crippen molar-refractivity contribution in [3.05, 3.63) is 60.2 Å². The predicted molar refractivity (Wildman–Crippen MR) is 124 cm³/mol. The molecule has 0 bridgehead atoms. The third-order valence-electron chi connectivity index (χ3n) is 5.59. The second-order valence-electron chi connectivity index (χ2n) is 8.12. The summed E-state index contributed by atoms with van der Waals surface area (Å²) in [4.78, 5) is 39.5. The van der Waals surface area contributed by atoms with Crippen molar-refractivity contribution in [2.45, 2.75) is 25.0 Å². The number of anilines is 1. The number of piperidine rings is 1. The zero-order valence-corrected chi connectivity index (χ0v) is 19.0. The summed E-state index contributed by atoms with van der Waals surface area (Å²) in [7, 11) is 3.19. The third kappa shape index (κ3) is 6.45. The number of hydrogen-bond acceptors (Lipinski definition) is 6. The molecule has 2 N–H and O–H groups in total. The van der Waals surface area contributed by atoms with Gasteiger partial charge in [-0.3, -0.25) is 4.79 Å². The zero-order chi connectivity index (χ0) is 23.7. The van der Waals surface area contributed by atoms with Crippen LogP contribution < -0.4 is 20.3 Å². The minimum absolute atomic E-state index is 0.165. The number of hydrogen-bond donors (Lipinski definition) is 2. The molecule has 0 radical (unpaired) electrons. The van der Waals surface area contributed by atoms with E-state index < -0.39 is 17.7 Å². The van der Waals surface area contributed by atoms with E-state index in [1.165, 1.54) is 4.90 Å². The van der Waals surface area contributed by atoms with Crippen molar-refractivity contribution in [3.63, 3.8) is 0 Å². The van der Waals surface area contributed by atoms with Gasteiger partial charge < -0.3 is 29.9 Å². The predicted octanol–water partition coefficient (Wildman–Crippen LogP) is 2.76. The second kappa shape index (κ2) is 11.3. The molecule has 0 spiro atoms. The van der Waals surface area contributed by atoms with E-state index in [4.69, 9.17) is 9.47 Å². The number of rotatable bonds is 8. The number of alkyl carbamates (subject to hydrolysis) is 1. The minimum Gasteiger partial charge on any atom is -0.445 e. The summed E-state index contributed by atoms with van der Waals surface area (Å²) in [6.45, 7) is 1.78. The Labute approximate surface area is 193 Å². The molecular formula is C24H30N4O5. The van der Waals surface area contributed by atoms with Crippen molar-refractivity contribution in [1.29, 1.82) is 0 Å². The molecule has 1 aliphatic heterocycles. The standard InChI is InChI=1S/C24H30N4O5/c1-27(2)23(31)33-21-10-6-9-20(15-21)28(18-29)24(11-13-25-14-12-24)17-26-22(30)32-16-19-7-4-3-5-8-19/h3-10,15,18,25H,11-14,16-17H2,1-2H3,(H,26,30). The minimum atomic E-state index is -0.650. The van der Waals surface area contributed by atoms with E-state index in [2.05, 4.69) is 10.6 Å². The molecule has 1 heterocycles. The second-order valence-corrected chi connectivity index (χ2v) is 8.12. The molecule has 2 aromatic carbocycles. The van der Waals surface area contributed by atoms with Crippen LogP contribution in [0, 0.1) is 0 Å². The topological polar surface area (TPSA) is 100 Å². The van der Waals surface area contributed by atoms with Crippen LogP contribution in [-0.4, -0.2) is 62.8 Å². The van der Waals surface area contributed by atoms with Gasteiger partial charge in [-0.2, -0.15) is 0 Å². The highest BCUT2D eigenvalue weighted by molar-refractivity contribution is 5.79. The normalized spacial score (nSPS) is 14.6. The van der Waals surface area contributed by atoms with Gasteiger partial charge in [-0.05, 0) is 43.6 Å². The summed E-state index contributed by atoms with van der Waals surface area (Å²) < 4.78 is 10.7. The van der Waals surface area contributed by atoms with Crippen LogP contribution >= 0.6 is 0 Å². The van der Waals surface area contributed by atoms with Crippen LogP contribution in [0.1, 0.15) is 18.4 Å². The fraction of sp³-hybridized carbons (Fsp3) is 0.375. The first-order valence-corrected chi connectivity index (χ1v) is 10.8. The lowest BCUT2D eigenvalue weighted by molar-refractivity contribution is -0.108. The zero-order valence-electron chi connectivity index (χ0n) is 19.0. The number of carbonyl (C=O) groups is 3.